The fourth-order valence-corrected chi connectivity index (χ4v) is 2.73. The molecule has 0 aliphatic heterocycles. The van der Waals surface area contributed by atoms with E-state index < -0.39 is 30.0 Å². The maximum Gasteiger partial charge on any atom is 1.00 e. The maximum atomic E-state index is 10.8. The second-order valence-corrected chi connectivity index (χ2v) is 5.44. The summed E-state index contributed by atoms with van der Waals surface area (Å²) in [4.78, 5) is -1.87. The molecule has 4 N–H and O–H groups in total. The van der Waals surface area contributed by atoms with E-state index >= 15 is 0 Å². The van der Waals surface area contributed by atoms with Crippen LogP contribution < -0.4 is 35.3 Å². The molecule has 0 aliphatic rings. The van der Waals surface area contributed by atoms with Gasteiger partial charge in [-0.2, -0.15) is 16.8 Å². The molecule has 10 heteroatoms. The van der Waals surface area contributed by atoms with Crippen LogP contribution in [0.3, 0.4) is 0 Å². The Kier molecular flexibility index (Phi) is 4.95. The molecule has 0 spiro atoms. The van der Waals surface area contributed by atoms with Gasteiger partial charge in [0, 0.05) is 5.69 Å². The average molecular weight is 277 g/mol. The zero-order chi connectivity index (χ0) is 11.9. The quantitative estimate of drug-likeness (QED) is 0.295. The van der Waals surface area contributed by atoms with E-state index in [0.717, 1.165) is 18.2 Å². The van der Waals surface area contributed by atoms with Crippen molar-refractivity contribution >= 4 is 25.9 Å². The van der Waals surface area contributed by atoms with Crippen LogP contribution >= 0.6 is 0 Å². The van der Waals surface area contributed by atoms with E-state index in [1.807, 2.05) is 0 Å². The molecule has 1 aromatic carbocycles. The Morgan fingerprint density at radius 3 is 1.81 bits per heavy atom. The first kappa shape index (κ1) is 15.8. The molecule has 86 valence electrons. The molecule has 1 rings (SSSR count). The Bertz CT molecular complexity index is 599. The van der Waals surface area contributed by atoms with Crippen molar-refractivity contribution in [1.29, 1.82) is 0 Å². The summed E-state index contributed by atoms with van der Waals surface area (Å²) in [5, 5.41) is 0. The maximum absolute atomic E-state index is 10.8. The fraction of sp³-hybridized carbons (Fsp3) is 0. The van der Waals surface area contributed by atoms with Gasteiger partial charge in [-0.15, -0.1) is 0 Å². The fourth-order valence-electron chi connectivity index (χ4n) is 0.939. The first-order chi connectivity index (χ1) is 6.62. The van der Waals surface area contributed by atoms with E-state index in [4.69, 9.17) is 14.8 Å². The molecule has 0 atom stereocenters. The molecule has 16 heavy (non-hydrogen) atoms. The summed E-state index contributed by atoms with van der Waals surface area (Å²) >= 11 is 0. The Labute approximate surface area is 116 Å². The van der Waals surface area contributed by atoms with Gasteiger partial charge in [0.25, 0.3) is 20.2 Å². The summed E-state index contributed by atoms with van der Waals surface area (Å²) in [5.74, 6) is 0. The molecule has 0 fully saturated rings. The van der Waals surface area contributed by atoms with Gasteiger partial charge in [0.05, 0.1) is 0 Å². The molecule has 0 saturated heterocycles. The predicted molar refractivity (Wildman–Crippen MR) is 51.6 cm³/mol. The van der Waals surface area contributed by atoms with Crippen molar-refractivity contribution in [2.75, 3.05) is 5.73 Å². The number of nitrogens with two attached hydrogens (primary N) is 1. The van der Waals surface area contributed by atoms with E-state index in [0.29, 0.717) is 0 Å². The third-order valence-corrected chi connectivity index (χ3v) is 3.46. The zero-order valence-electron chi connectivity index (χ0n) is 9.15. The van der Waals surface area contributed by atoms with Crippen LogP contribution in [-0.2, 0) is 20.2 Å². The van der Waals surface area contributed by atoms with Crippen molar-refractivity contribution in [2.45, 2.75) is 9.79 Å². The van der Waals surface area contributed by atoms with Crippen LogP contribution in [0.5, 0.6) is 0 Å². The second-order valence-electron chi connectivity index (χ2n) is 2.66. The standard InChI is InChI=1S/C6H7NO6S2.Na.H/c7-4-1-2-5(14(8,9)10)6(3-4)15(11,12)13;;/h1-3H,7H2,(H,8,9,10)(H,11,12,13);;/q;+1;-1. The molecule has 0 unspecified atom stereocenters. The first-order valence-electron chi connectivity index (χ1n) is 3.47. The molecule has 7 nitrogen and oxygen atoms in total. The summed E-state index contributed by atoms with van der Waals surface area (Å²) in [6.45, 7) is 0. The van der Waals surface area contributed by atoms with Gasteiger partial charge in [-0.05, 0) is 18.2 Å². The van der Waals surface area contributed by atoms with Crippen molar-refractivity contribution in [3.05, 3.63) is 18.2 Å². The molecule has 0 saturated carbocycles. The summed E-state index contributed by atoms with van der Waals surface area (Å²) in [6, 6.07) is 2.60. The van der Waals surface area contributed by atoms with Crippen molar-refractivity contribution in [3.8, 4) is 0 Å². The van der Waals surface area contributed by atoms with Crippen LogP contribution in [0.1, 0.15) is 1.43 Å². The summed E-state index contributed by atoms with van der Waals surface area (Å²) in [7, 11) is -9.49. The minimum Gasteiger partial charge on any atom is -1.00 e. The zero-order valence-corrected chi connectivity index (χ0v) is 11.8. The van der Waals surface area contributed by atoms with E-state index in [2.05, 4.69) is 0 Å². The van der Waals surface area contributed by atoms with E-state index in [1.165, 1.54) is 0 Å². The van der Waals surface area contributed by atoms with Crippen LogP contribution in [0.25, 0.3) is 0 Å². The van der Waals surface area contributed by atoms with E-state index in [1.54, 1.807) is 0 Å². The largest absolute Gasteiger partial charge is 1.00 e. The molecule has 0 aliphatic carbocycles. The number of hydrogen-bond donors (Lipinski definition) is 3. The Balaban J connectivity index is 0. The van der Waals surface area contributed by atoms with Crippen LogP contribution in [0, 0.1) is 0 Å². The molecule has 1 aromatic rings. The predicted octanol–water partition coefficient (Wildman–Crippen LogP) is -3.12. The molecule has 0 aromatic heterocycles. The number of benzene rings is 1. The molecule has 0 heterocycles. The third kappa shape index (κ3) is 3.70. The number of hydrogen-bond acceptors (Lipinski definition) is 5. The van der Waals surface area contributed by atoms with Gasteiger partial charge in [-0.3, -0.25) is 9.11 Å². The second kappa shape index (κ2) is 5.00. The smallest absolute Gasteiger partial charge is 1.00 e. The normalized spacial score (nSPS) is 11.9. The van der Waals surface area contributed by atoms with Gasteiger partial charge in [-0.25, -0.2) is 0 Å². The Morgan fingerprint density at radius 2 is 1.44 bits per heavy atom. The third-order valence-electron chi connectivity index (χ3n) is 1.52. The molecular weight excluding hydrogens is 269 g/mol. The van der Waals surface area contributed by atoms with Crippen LogP contribution in [0.2, 0.25) is 0 Å². The Hall–Kier alpha value is -0.160. The van der Waals surface area contributed by atoms with E-state index in [9.17, 15) is 16.8 Å². The van der Waals surface area contributed by atoms with Crippen molar-refractivity contribution in [1.82, 2.24) is 0 Å². The van der Waals surface area contributed by atoms with Gasteiger partial charge >= 0.3 is 29.6 Å². The minimum atomic E-state index is -4.76. The number of anilines is 1. The number of nitrogen functional groups attached to an aromatic ring is 1. The van der Waals surface area contributed by atoms with Crippen molar-refractivity contribution in [3.63, 3.8) is 0 Å². The van der Waals surface area contributed by atoms with Gasteiger partial charge in [-0.1, -0.05) is 0 Å². The van der Waals surface area contributed by atoms with Crippen LogP contribution in [0.15, 0.2) is 28.0 Å². The van der Waals surface area contributed by atoms with E-state index in [-0.39, 0.29) is 36.7 Å². The molecule has 0 bridgehead atoms. The minimum absolute atomic E-state index is 0. The van der Waals surface area contributed by atoms with Crippen LogP contribution in [0.4, 0.5) is 5.69 Å². The monoisotopic (exact) mass is 277 g/mol. The van der Waals surface area contributed by atoms with Gasteiger partial charge in [0.2, 0.25) is 0 Å². The molecule has 0 radical (unpaired) electrons. The Morgan fingerprint density at radius 1 is 1.00 bits per heavy atom. The molecular formula is C6H8NNaO6S2. The van der Waals surface area contributed by atoms with Crippen molar-refractivity contribution < 1.29 is 56.9 Å². The summed E-state index contributed by atoms with van der Waals surface area (Å²) in [6.07, 6.45) is 0. The molecule has 0 amide bonds. The topological polar surface area (TPSA) is 135 Å². The SMILES string of the molecule is Nc1ccc(S(=O)(=O)O)c(S(=O)(=O)O)c1.[H-].[Na+]. The number of rotatable bonds is 2. The van der Waals surface area contributed by atoms with Crippen LogP contribution in [-0.4, -0.2) is 25.9 Å². The average Bonchev–Trinajstić information content (AvgIpc) is 2.00. The first-order valence-corrected chi connectivity index (χ1v) is 6.35. The summed E-state index contributed by atoms with van der Waals surface area (Å²) < 4.78 is 60.4. The van der Waals surface area contributed by atoms with Gasteiger partial charge in [0.1, 0.15) is 9.79 Å². The van der Waals surface area contributed by atoms with Gasteiger partial charge < -0.3 is 7.16 Å². The van der Waals surface area contributed by atoms with Gasteiger partial charge in [0.15, 0.2) is 0 Å². The van der Waals surface area contributed by atoms with Crippen molar-refractivity contribution in [2.24, 2.45) is 0 Å². The summed E-state index contributed by atoms with van der Waals surface area (Å²) in [5.41, 5.74) is 5.16.